The Morgan fingerprint density at radius 2 is 1.36 bits per heavy atom. The van der Waals surface area contributed by atoms with Crippen molar-refractivity contribution in [1.82, 2.24) is 5.32 Å². The van der Waals surface area contributed by atoms with Crippen LogP contribution in [-0.2, 0) is 4.79 Å². The van der Waals surface area contributed by atoms with Gasteiger partial charge in [-0.2, -0.15) is 0 Å². The largest absolute Gasteiger partial charge is 0.480 e. The van der Waals surface area contributed by atoms with E-state index in [4.69, 9.17) is 0 Å². The molecule has 2 amide bonds. The summed E-state index contributed by atoms with van der Waals surface area (Å²) >= 11 is 0. The molecule has 0 spiro atoms. The lowest BCUT2D eigenvalue weighted by Gasteiger charge is -2.18. The van der Waals surface area contributed by atoms with Crippen LogP contribution in [0.25, 0.3) is 11.1 Å². The van der Waals surface area contributed by atoms with E-state index < -0.39 is 17.9 Å². The maximum Gasteiger partial charge on any atom is 0.326 e. The SMILES string of the molecule is Cc1cc(C(=O)Nc2ccc(-c3ccc(C(=O)N[C@@H](C(=O)O)C(C)C)cc3)cc2)ccc1F. The minimum atomic E-state index is -1.07. The Labute approximate surface area is 191 Å². The first-order valence-electron chi connectivity index (χ1n) is 10.5. The fraction of sp³-hybridized carbons (Fsp3) is 0.192. The van der Waals surface area contributed by atoms with Gasteiger partial charge in [0.15, 0.2) is 0 Å². The zero-order valence-electron chi connectivity index (χ0n) is 18.6. The number of rotatable bonds is 7. The molecule has 0 saturated carbocycles. The van der Waals surface area contributed by atoms with Crippen LogP contribution in [0.5, 0.6) is 0 Å². The van der Waals surface area contributed by atoms with Crippen LogP contribution in [0.1, 0.15) is 40.1 Å². The normalized spacial score (nSPS) is 11.7. The molecule has 0 bridgehead atoms. The van der Waals surface area contributed by atoms with Gasteiger partial charge in [-0.25, -0.2) is 9.18 Å². The Morgan fingerprint density at radius 3 is 1.88 bits per heavy atom. The lowest BCUT2D eigenvalue weighted by molar-refractivity contribution is -0.140. The second-order valence-corrected chi connectivity index (χ2v) is 8.11. The number of carbonyl (C=O) groups excluding carboxylic acids is 2. The topological polar surface area (TPSA) is 95.5 Å². The molecule has 170 valence electrons. The molecule has 7 heteroatoms. The second-order valence-electron chi connectivity index (χ2n) is 8.11. The van der Waals surface area contributed by atoms with Crippen LogP contribution < -0.4 is 10.6 Å². The zero-order valence-corrected chi connectivity index (χ0v) is 18.6. The van der Waals surface area contributed by atoms with Gasteiger partial charge in [0.1, 0.15) is 11.9 Å². The minimum Gasteiger partial charge on any atom is -0.480 e. The highest BCUT2D eigenvalue weighted by atomic mass is 19.1. The molecule has 0 radical (unpaired) electrons. The van der Waals surface area contributed by atoms with E-state index in [0.29, 0.717) is 22.4 Å². The number of aliphatic carboxylic acids is 1. The number of halogens is 1. The quantitative estimate of drug-likeness (QED) is 0.479. The van der Waals surface area contributed by atoms with Crippen molar-refractivity contribution in [2.45, 2.75) is 26.8 Å². The third kappa shape index (κ3) is 5.83. The molecule has 0 aliphatic rings. The summed E-state index contributed by atoms with van der Waals surface area (Å²) in [4.78, 5) is 36.1. The summed E-state index contributed by atoms with van der Waals surface area (Å²) in [6.07, 6.45) is 0. The summed E-state index contributed by atoms with van der Waals surface area (Å²) in [7, 11) is 0. The van der Waals surface area contributed by atoms with Gasteiger partial charge in [-0.05, 0) is 72.0 Å². The van der Waals surface area contributed by atoms with Crippen molar-refractivity contribution in [2.75, 3.05) is 5.32 Å². The maximum atomic E-state index is 13.4. The fourth-order valence-electron chi connectivity index (χ4n) is 3.29. The molecular weight excluding hydrogens is 423 g/mol. The Morgan fingerprint density at radius 1 is 0.818 bits per heavy atom. The van der Waals surface area contributed by atoms with Crippen molar-refractivity contribution in [1.29, 1.82) is 0 Å². The van der Waals surface area contributed by atoms with Gasteiger partial charge in [-0.3, -0.25) is 9.59 Å². The summed E-state index contributed by atoms with van der Waals surface area (Å²) in [5, 5.41) is 14.6. The highest BCUT2D eigenvalue weighted by molar-refractivity contribution is 6.04. The van der Waals surface area contributed by atoms with E-state index >= 15 is 0 Å². The molecule has 3 N–H and O–H groups in total. The number of nitrogens with one attached hydrogen (secondary N) is 2. The number of aryl methyl sites for hydroxylation is 1. The molecular formula is C26H25FN2O4. The fourth-order valence-corrected chi connectivity index (χ4v) is 3.29. The maximum absolute atomic E-state index is 13.4. The molecule has 0 fully saturated rings. The van der Waals surface area contributed by atoms with E-state index in [1.807, 2.05) is 12.1 Å². The molecule has 1 atom stereocenters. The standard InChI is InChI=1S/C26H25FN2O4/c1-15(2)23(26(32)33)29-24(30)19-6-4-17(5-7-19)18-8-11-21(12-9-18)28-25(31)20-10-13-22(27)16(3)14-20/h4-15,23H,1-3H3,(H,28,31)(H,29,30)(H,32,33)/t23-/m1/s1. The van der Waals surface area contributed by atoms with Gasteiger partial charge in [0.2, 0.25) is 0 Å². The zero-order chi connectivity index (χ0) is 24.1. The summed E-state index contributed by atoms with van der Waals surface area (Å²) in [5.41, 5.74) is 3.46. The predicted molar refractivity (Wildman–Crippen MR) is 125 cm³/mol. The van der Waals surface area contributed by atoms with Crippen molar-refractivity contribution in [3.05, 3.63) is 89.2 Å². The summed E-state index contributed by atoms with van der Waals surface area (Å²) < 4.78 is 13.4. The van der Waals surface area contributed by atoms with Crippen molar-refractivity contribution in [2.24, 2.45) is 5.92 Å². The van der Waals surface area contributed by atoms with E-state index in [-0.39, 0.29) is 17.6 Å². The van der Waals surface area contributed by atoms with Gasteiger partial charge in [0.05, 0.1) is 0 Å². The van der Waals surface area contributed by atoms with Gasteiger partial charge < -0.3 is 15.7 Å². The van der Waals surface area contributed by atoms with Crippen LogP contribution in [0.2, 0.25) is 0 Å². The highest BCUT2D eigenvalue weighted by Gasteiger charge is 2.23. The number of hydrogen-bond acceptors (Lipinski definition) is 3. The smallest absolute Gasteiger partial charge is 0.326 e. The van der Waals surface area contributed by atoms with Gasteiger partial charge >= 0.3 is 5.97 Å². The van der Waals surface area contributed by atoms with Crippen LogP contribution in [0.15, 0.2) is 66.7 Å². The number of hydrogen-bond donors (Lipinski definition) is 3. The number of carboxylic acids is 1. The lowest BCUT2D eigenvalue weighted by Crippen LogP contribution is -2.44. The Bertz CT molecular complexity index is 1170. The number of carbonyl (C=O) groups is 3. The summed E-state index contributed by atoms with van der Waals surface area (Å²) in [6, 6.07) is 17.2. The first-order valence-corrected chi connectivity index (χ1v) is 10.5. The molecule has 0 aliphatic carbocycles. The van der Waals surface area contributed by atoms with Crippen molar-refractivity contribution in [3.63, 3.8) is 0 Å². The second kappa shape index (κ2) is 10.1. The third-order valence-corrected chi connectivity index (χ3v) is 5.26. The van der Waals surface area contributed by atoms with Gasteiger partial charge in [-0.1, -0.05) is 38.1 Å². The molecule has 3 aromatic rings. The third-order valence-electron chi connectivity index (χ3n) is 5.26. The number of amides is 2. The van der Waals surface area contributed by atoms with Crippen LogP contribution in [0.4, 0.5) is 10.1 Å². The average Bonchev–Trinajstić information content (AvgIpc) is 2.79. The summed E-state index contributed by atoms with van der Waals surface area (Å²) in [5.74, 6) is -2.45. The molecule has 0 aromatic heterocycles. The van der Waals surface area contributed by atoms with E-state index in [1.54, 1.807) is 57.2 Å². The van der Waals surface area contributed by atoms with E-state index in [2.05, 4.69) is 10.6 Å². The molecule has 6 nitrogen and oxygen atoms in total. The van der Waals surface area contributed by atoms with Crippen molar-refractivity contribution in [3.8, 4) is 11.1 Å². The lowest BCUT2D eigenvalue weighted by atomic mass is 10.0. The molecule has 0 saturated heterocycles. The van der Waals surface area contributed by atoms with E-state index in [1.165, 1.54) is 18.2 Å². The molecule has 3 rings (SSSR count). The molecule has 33 heavy (non-hydrogen) atoms. The summed E-state index contributed by atoms with van der Waals surface area (Å²) in [6.45, 7) is 5.06. The average molecular weight is 448 g/mol. The van der Waals surface area contributed by atoms with Crippen LogP contribution in [0, 0.1) is 18.7 Å². The number of carboxylic acid groups (broad SMARTS) is 1. The first kappa shape index (κ1) is 23.7. The molecule has 0 aliphatic heterocycles. The molecule has 0 heterocycles. The van der Waals surface area contributed by atoms with Gasteiger partial charge in [-0.15, -0.1) is 0 Å². The van der Waals surface area contributed by atoms with Crippen LogP contribution >= 0.6 is 0 Å². The highest BCUT2D eigenvalue weighted by Crippen LogP contribution is 2.23. The Balaban J connectivity index is 1.67. The van der Waals surface area contributed by atoms with Crippen molar-refractivity contribution >= 4 is 23.5 Å². The van der Waals surface area contributed by atoms with E-state index in [0.717, 1.165) is 11.1 Å². The van der Waals surface area contributed by atoms with E-state index in [9.17, 15) is 23.9 Å². The minimum absolute atomic E-state index is 0.239. The first-order chi connectivity index (χ1) is 15.7. The Kier molecular flexibility index (Phi) is 7.23. The van der Waals surface area contributed by atoms with Crippen LogP contribution in [0.3, 0.4) is 0 Å². The van der Waals surface area contributed by atoms with Gasteiger partial charge in [0.25, 0.3) is 11.8 Å². The number of anilines is 1. The molecule has 3 aromatic carbocycles. The predicted octanol–water partition coefficient (Wildman–Crippen LogP) is 4.89. The van der Waals surface area contributed by atoms with Crippen LogP contribution in [-0.4, -0.2) is 28.9 Å². The Hall–Kier alpha value is -4.00. The monoisotopic (exact) mass is 448 g/mol. The molecule has 0 unspecified atom stereocenters. The number of benzene rings is 3. The van der Waals surface area contributed by atoms with Gasteiger partial charge in [0, 0.05) is 16.8 Å². The van der Waals surface area contributed by atoms with Crippen molar-refractivity contribution < 1.29 is 23.9 Å².